The average molecular weight is 354 g/mol. The van der Waals surface area contributed by atoms with Crippen molar-refractivity contribution in [3.8, 4) is 0 Å². The number of nitrogens with zero attached hydrogens (tertiary/aromatic N) is 1. The van der Waals surface area contributed by atoms with Crippen LogP contribution in [-0.4, -0.2) is 42.4 Å². The molecular formula is C18H28ClN3O2. The minimum absolute atomic E-state index is 0. The van der Waals surface area contributed by atoms with Crippen molar-refractivity contribution in [2.75, 3.05) is 19.6 Å². The molecule has 0 radical (unpaired) electrons. The first-order valence-corrected chi connectivity index (χ1v) is 8.49. The summed E-state index contributed by atoms with van der Waals surface area (Å²) >= 11 is 0. The maximum atomic E-state index is 12.4. The van der Waals surface area contributed by atoms with Crippen molar-refractivity contribution in [2.45, 2.75) is 39.2 Å². The highest BCUT2D eigenvalue weighted by Crippen LogP contribution is 2.31. The molecule has 2 amide bonds. The summed E-state index contributed by atoms with van der Waals surface area (Å²) in [5.74, 6) is 0.437. The quantitative estimate of drug-likeness (QED) is 0.753. The van der Waals surface area contributed by atoms with E-state index in [1.165, 1.54) is 12.8 Å². The number of hydrogen-bond acceptors (Lipinski definition) is 3. The zero-order valence-corrected chi connectivity index (χ0v) is 15.3. The molecule has 1 aliphatic carbocycles. The summed E-state index contributed by atoms with van der Waals surface area (Å²) in [5.41, 5.74) is 7.16. The molecule has 0 bridgehead atoms. The molecule has 1 fully saturated rings. The zero-order chi connectivity index (χ0) is 16.8. The van der Waals surface area contributed by atoms with Gasteiger partial charge in [-0.05, 0) is 56.4 Å². The van der Waals surface area contributed by atoms with E-state index in [9.17, 15) is 9.59 Å². The molecule has 0 spiro atoms. The molecule has 0 heterocycles. The number of amides is 2. The average Bonchev–Trinajstić information content (AvgIpc) is 3.41. The molecule has 0 saturated heterocycles. The first kappa shape index (κ1) is 20.5. The Bertz CT molecular complexity index is 544. The van der Waals surface area contributed by atoms with E-state index in [1.54, 1.807) is 24.3 Å². The molecule has 0 aromatic heterocycles. The summed E-state index contributed by atoms with van der Waals surface area (Å²) in [6, 6.07) is 6.88. The monoisotopic (exact) mass is 353 g/mol. The fourth-order valence-corrected chi connectivity index (χ4v) is 2.62. The maximum Gasteiger partial charge on any atom is 0.253 e. The van der Waals surface area contributed by atoms with Gasteiger partial charge in [0.15, 0.2) is 0 Å². The van der Waals surface area contributed by atoms with Crippen LogP contribution in [0.4, 0.5) is 0 Å². The van der Waals surface area contributed by atoms with E-state index in [0.29, 0.717) is 30.1 Å². The molecule has 1 atom stereocenters. The largest absolute Gasteiger partial charge is 0.350 e. The van der Waals surface area contributed by atoms with E-state index in [0.717, 1.165) is 13.0 Å². The third kappa shape index (κ3) is 5.49. The van der Waals surface area contributed by atoms with Crippen LogP contribution in [0.2, 0.25) is 0 Å². The summed E-state index contributed by atoms with van der Waals surface area (Å²) in [6.45, 7) is 5.96. The fourth-order valence-electron chi connectivity index (χ4n) is 2.62. The highest BCUT2D eigenvalue weighted by atomic mass is 35.5. The van der Waals surface area contributed by atoms with Crippen LogP contribution in [0.15, 0.2) is 24.3 Å². The standard InChI is InChI=1S/C18H27N3O2.ClH/c1-3-11-21(4-2)18(23)15-9-7-14(8-10-15)17(22)20-12-16(19)13-5-6-13;/h7-10,13,16H,3-6,11-12,19H2,1-2H3,(H,20,22);1H. The molecule has 5 nitrogen and oxygen atoms in total. The number of nitrogens with two attached hydrogens (primary N) is 1. The molecular weight excluding hydrogens is 326 g/mol. The number of halogens is 1. The van der Waals surface area contributed by atoms with Crippen LogP contribution < -0.4 is 11.1 Å². The Hall–Kier alpha value is -1.59. The summed E-state index contributed by atoms with van der Waals surface area (Å²) in [4.78, 5) is 26.3. The molecule has 1 aromatic carbocycles. The number of carbonyl (C=O) groups excluding carboxylic acids is 2. The first-order chi connectivity index (χ1) is 11.1. The van der Waals surface area contributed by atoms with Gasteiger partial charge >= 0.3 is 0 Å². The van der Waals surface area contributed by atoms with E-state index in [-0.39, 0.29) is 30.3 Å². The Morgan fingerprint density at radius 1 is 1.21 bits per heavy atom. The number of nitrogens with one attached hydrogen (secondary N) is 1. The van der Waals surface area contributed by atoms with Gasteiger partial charge in [0.1, 0.15) is 0 Å². The number of benzene rings is 1. The third-order valence-corrected chi connectivity index (χ3v) is 4.28. The molecule has 0 aliphatic heterocycles. The van der Waals surface area contributed by atoms with Gasteiger partial charge in [0.05, 0.1) is 0 Å². The van der Waals surface area contributed by atoms with Crippen LogP contribution in [0.3, 0.4) is 0 Å². The smallest absolute Gasteiger partial charge is 0.253 e. The number of rotatable bonds is 8. The van der Waals surface area contributed by atoms with Gasteiger partial charge in [-0.1, -0.05) is 6.92 Å². The Morgan fingerprint density at radius 3 is 2.29 bits per heavy atom. The van der Waals surface area contributed by atoms with Crippen LogP contribution in [0.25, 0.3) is 0 Å². The van der Waals surface area contributed by atoms with Gasteiger partial charge < -0.3 is 16.0 Å². The van der Waals surface area contributed by atoms with Crippen molar-refractivity contribution < 1.29 is 9.59 Å². The van der Waals surface area contributed by atoms with Crippen LogP contribution in [0, 0.1) is 5.92 Å². The van der Waals surface area contributed by atoms with Gasteiger partial charge in [0.25, 0.3) is 11.8 Å². The predicted molar refractivity (Wildman–Crippen MR) is 98.6 cm³/mol. The van der Waals surface area contributed by atoms with E-state index in [4.69, 9.17) is 5.73 Å². The first-order valence-electron chi connectivity index (χ1n) is 8.49. The third-order valence-electron chi connectivity index (χ3n) is 4.28. The lowest BCUT2D eigenvalue weighted by Gasteiger charge is -2.20. The summed E-state index contributed by atoms with van der Waals surface area (Å²) in [5, 5.41) is 2.86. The Morgan fingerprint density at radius 2 is 1.79 bits per heavy atom. The second-order valence-corrected chi connectivity index (χ2v) is 6.17. The highest BCUT2D eigenvalue weighted by Gasteiger charge is 2.28. The lowest BCUT2D eigenvalue weighted by atomic mass is 10.1. The summed E-state index contributed by atoms with van der Waals surface area (Å²) < 4.78 is 0. The number of hydrogen-bond donors (Lipinski definition) is 2. The van der Waals surface area contributed by atoms with Crippen LogP contribution in [0.1, 0.15) is 53.8 Å². The van der Waals surface area contributed by atoms with Crippen LogP contribution in [-0.2, 0) is 0 Å². The summed E-state index contributed by atoms with van der Waals surface area (Å²) in [6.07, 6.45) is 3.26. The van der Waals surface area contributed by atoms with E-state index in [1.807, 2.05) is 11.8 Å². The van der Waals surface area contributed by atoms with Crippen molar-refractivity contribution in [1.82, 2.24) is 10.2 Å². The second kappa shape index (κ2) is 9.64. The van der Waals surface area contributed by atoms with Crippen molar-refractivity contribution in [2.24, 2.45) is 11.7 Å². The van der Waals surface area contributed by atoms with Crippen molar-refractivity contribution >= 4 is 24.2 Å². The molecule has 1 unspecified atom stereocenters. The summed E-state index contributed by atoms with van der Waals surface area (Å²) in [7, 11) is 0. The maximum absolute atomic E-state index is 12.4. The van der Waals surface area contributed by atoms with Crippen LogP contribution >= 0.6 is 12.4 Å². The molecule has 1 saturated carbocycles. The Kier molecular flexibility index (Phi) is 8.22. The lowest BCUT2D eigenvalue weighted by molar-refractivity contribution is 0.0763. The van der Waals surface area contributed by atoms with E-state index < -0.39 is 0 Å². The van der Waals surface area contributed by atoms with Crippen molar-refractivity contribution in [1.29, 1.82) is 0 Å². The van der Waals surface area contributed by atoms with Gasteiger partial charge in [0, 0.05) is 36.8 Å². The number of carbonyl (C=O) groups is 2. The fraction of sp³-hybridized carbons (Fsp3) is 0.556. The van der Waals surface area contributed by atoms with E-state index >= 15 is 0 Å². The zero-order valence-electron chi connectivity index (χ0n) is 14.5. The van der Waals surface area contributed by atoms with Gasteiger partial charge in [-0.2, -0.15) is 0 Å². The molecule has 3 N–H and O–H groups in total. The molecule has 2 rings (SSSR count). The van der Waals surface area contributed by atoms with Gasteiger partial charge in [-0.15, -0.1) is 12.4 Å². The molecule has 1 aromatic rings. The Labute approximate surface area is 150 Å². The Balaban J connectivity index is 0.00000288. The molecule has 6 heteroatoms. The lowest BCUT2D eigenvalue weighted by Crippen LogP contribution is -2.38. The molecule has 1 aliphatic rings. The van der Waals surface area contributed by atoms with Gasteiger partial charge in [0.2, 0.25) is 0 Å². The minimum atomic E-state index is -0.138. The molecule has 24 heavy (non-hydrogen) atoms. The normalized spacial score (nSPS) is 14.5. The van der Waals surface area contributed by atoms with E-state index in [2.05, 4.69) is 12.2 Å². The second-order valence-electron chi connectivity index (χ2n) is 6.17. The van der Waals surface area contributed by atoms with Crippen molar-refractivity contribution in [3.05, 3.63) is 35.4 Å². The van der Waals surface area contributed by atoms with Crippen LogP contribution in [0.5, 0.6) is 0 Å². The van der Waals surface area contributed by atoms with Gasteiger partial charge in [-0.3, -0.25) is 9.59 Å². The minimum Gasteiger partial charge on any atom is -0.350 e. The SMILES string of the molecule is CCCN(CC)C(=O)c1ccc(C(=O)NCC(N)C2CC2)cc1.Cl. The van der Waals surface area contributed by atoms with Gasteiger partial charge in [-0.25, -0.2) is 0 Å². The highest BCUT2D eigenvalue weighted by molar-refractivity contribution is 5.97. The predicted octanol–water partition coefficient (Wildman–Crippen LogP) is 2.45. The topological polar surface area (TPSA) is 75.4 Å². The molecule has 134 valence electrons. The van der Waals surface area contributed by atoms with Crippen molar-refractivity contribution in [3.63, 3.8) is 0 Å².